The number of rotatable bonds is 4. The largest absolute Gasteiger partial charge is 0.370 e. The van der Waals surface area contributed by atoms with Gasteiger partial charge in [-0.1, -0.05) is 24.3 Å². The van der Waals surface area contributed by atoms with Gasteiger partial charge in [-0.25, -0.2) is 9.98 Å². The van der Waals surface area contributed by atoms with Crippen LogP contribution in [0.15, 0.2) is 70.9 Å². The molecule has 1 aromatic carbocycles. The van der Waals surface area contributed by atoms with Crippen molar-refractivity contribution in [2.75, 3.05) is 0 Å². The monoisotopic (exact) mass is 490 g/mol. The summed E-state index contributed by atoms with van der Waals surface area (Å²) in [6.45, 7) is 0. The first-order valence-corrected chi connectivity index (χ1v) is 7.73. The van der Waals surface area contributed by atoms with Gasteiger partial charge in [0.05, 0.1) is 35.2 Å². The van der Waals surface area contributed by atoms with Crippen molar-refractivity contribution in [2.45, 2.75) is 0 Å². The smallest absolute Gasteiger partial charge is 0.191 e. The average molecular weight is 492 g/mol. The number of aliphatic imine (C=N–C) groups is 2. The van der Waals surface area contributed by atoms with Crippen LogP contribution in [0.3, 0.4) is 0 Å². The molecule has 0 bridgehead atoms. The highest BCUT2D eigenvalue weighted by atomic mass is 35.5. The van der Waals surface area contributed by atoms with Gasteiger partial charge < -0.3 is 22.9 Å². The lowest BCUT2D eigenvalue weighted by atomic mass is 10.1. The molecule has 3 rings (SSSR count). The lowest BCUT2D eigenvalue weighted by Crippen LogP contribution is -2.21. The lowest BCUT2D eigenvalue weighted by Gasteiger charge is -2.05. The molecule has 0 spiro atoms. The van der Waals surface area contributed by atoms with Crippen LogP contribution in [0, 0.1) is 0 Å². The topological polar surface area (TPSA) is 155 Å². The molecule has 0 unspecified atom stereocenters. The highest BCUT2D eigenvalue weighted by molar-refractivity contribution is 5.86. The molecule has 8 N–H and O–H groups in total. The molecule has 0 fully saturated rings. The van der Waals surface area contributed by atoms with Gasteiger partial charge in [0.1, 0.15) is 0 Å². The van der Waals surface area contributed by atoms with E-state index in [1.807, 2.05) is 36.4 Å². The quantitative estimate of drug-likeness (QED) is 0.324. The van der Waals surface area contributed by atoms with E-state index in [0.717, 1.165) is 22.5 Å². The SMILES string of the molecule is Cl.Cl.Cl.Cl.NC(N)=Nc1ccc(-c2ccc(-c3ccc(N=C(N)N)cn3)cc2)nc1. The zero-order valence-corrected chi connectivity index (χ0v) is 18.8. The molecule has 12 heteroatoms. The van der Waals surface area contributed by atoms with Crippen LogP contribution in [0.5, 0.6) is 0 Å². The van der Waals surface area contributed by atoms with Crippen molar-refractivity contribution in [1.29, 1.82) is 0 Å². The van der Waals surface area contributed by atoms with E-state index in [4.69, 9.17) is 22.9 Å². The Morgan fingerprint density at radius 2 is 0.867 bits per heavy atom. The average Bonchev–Trinajstić information content (AvgIpc) is 2.62. The third-order valence-electron chi connectivity index (χ3n) is 3.49. The standard InChI is InChI=1S/C18H18N8.4ClH/c19-17(20)25-13-5-7-15(23-9-13)11-1-2-12(4-3-11)16-8-6-14(10-24-16)26-18(21)22;;;;/h1-10H,(H4,19,20,25)(H4,21,22,26);4*1H. The number of nitrogens with zero attached hydrogens (tertiary/aromatic N) is 4. The van der Waals surface area contributed by atoms with Gasteiger partial charge in [-0.2, -0.15) is 0 Å². The second kappa shape index (κ2) is 13.4. The van der Waals surface area contributed by atoms with Crippen LogP contribution in [0.2, 0.25) is 0 Å². The Hall–Kier alpha value is -2.78. The van der Waals surface area contributed by atoms with Crippen molar-refractivity contribution in [1.82, 2.24) is 9.97 Å². The summed E-state index contributed by atoms with van der Waals surface area (Å²) in [7, 11) is 0. The molecule has 2 heterocycles. The van der Waals surface area contributed by atoms with Crippen LogP contribution >= 0.6 is 49.6 Å². The maximum Gasteiger partial charge on any atom is 0.191 e. The van der Waals surface area contributed by atoms with E-state index in [1.54, 1.807) is 24.5 Å². The molecule has 162 valence electrons. The third-order valence-corrected chi connectivity index (χ3v) is 3.49. The highest BCUT2D eigenvalue weighted by Crippen LogP contribution is 2.24. The molecule has 0 amide bonds. The van der Waals surface area contributed by atoms with E-state index in [9.17, 15) is 0 Å². The highest BCUT2D eigenvalue weighted by Gasteiger charge is 2.03. The minimum absolute atomic E-state index is 0. The van der Waals surface area contributed by atoms with Crippen LogP contribution in [-0.4, -0.2) is 21.9 Å². The molecule has 0 saturated heterocycles. The Kier molecular flexibility index (Phi) is 13.2. The van der Waals surface area contributed by atoms with Crippen molar-refractivity contribution >= 4 is 72.9 Å². The number of aromatic nitrogens is 2. The van der Waals surface area contributed by atoms with Crippen LogP contribution in [0.25, 0.3) is 22.5 Å². The summed E-state index contributed by atoms with van der Waals surface area (Å²) in [6.07, 6.45) is 3.24. The van der Waals surface area contributed by atoms with Gasteiger partial charge >= 0.3 is 0 Å². The second-order valence-electron chi connectivity index (χ2n) is 5.45. The summed E-state index contributed by atoms with van der Waals surface area (Å²) in [5.41, 5.74) is 26.2. The van der Waals surface area contributed by atoms with Crippen LogP contribution in [0.1, 0.15) is 0 Å². The Balaban J connectivity index is 0. The van der Waals surface area contributed by atoms with Crippen molar-refractivity contribution < 1.29 is 0 Å². The van der Waals surface area contributed by atoms with Gasteiger partial charge in [-0.3, -0.25) is 9.97 Å². The van der Waals surface area contributed by atoms with E-state index >= 15 is 0 Å². The molecule has 8 nitrogen and oxygen atoms in total. The molecule has 0 saturated carbocycles. The summed E-state index contributed by atoms with van der Waals surface area (Å²) in [6, 6.07) is 15.2. The van der Waals surface area contributed by atoms with Gasteiger partial charge in [0.15, 0.2) is 11.9 Å². The lowest BCUT2D eigenvalue weighted by molar-refractivity contribution is 1.28. The van der Waals surface area contributed by atoms with Crippen molar-refractivity contribution in [2.24, 2.45) is 32.9 Å². The molecule has 0 atom stereocenters. The number of pyridine rings is 2. The molecule has 2 aromatic heterocycles. The zero-order valence-electron chi connectivity index (χ0n) is 15.5. The first-order chi connectivity index (χ1) is 12.5. The fourth-order valence-electron chi connectivity index (χ4n) is 2.36. The Morgan fingerprint density at radius 1 is 0.533 bits per heavy atom. The summed E-state index contributed by atoms with van der Waals surface area (Å²) < 4.78 is 0. The van der Waals surface area contributed by atoms with Gasteiger partial charge in [-0.15, -0.1) is 49.6 Å². The minimum atomic E-state index is 0. The fraction of sp³-hybridized carbons (Fsp3) is 0. The zero-order chi connectivity index (χ0) is 18.5. The maximum atomic E-state index is 5.35. The van der Waals surface area contributed by atoms with E-state index in [2.05, 4.69) is 20.0 Å². The first-order valence-electron chi connectivity index (χ1n) is 7.73. The molecule has 0 aliphatic heterocycles. The summed E-state index contributed by atoms with van der Waals surface area (Å²) in [5, 5.41) is 0. The number of guanidine groups is 2. The number of hydrogen-bond donors (Lipinski definition) is 4. The minimum Gasteiger partial charge on any atom is -0.370 e. The second-order valence-corrected chi connectivity index (χ2v) is 5.45. The van der Waals surface area contributed by atoms with Gasteiger partial charge in [-0.05, 0) is 24.3 Å². The summed E-state index contributed by atoms with van der Waals surface area (Å²) in [5.74, 6) is 0.00419. The maximum absolute atomic E-state index is 5.35. The normalized spacial score (nSPS) is 8.80. The van der Waals surface area contributed by atoms with Gasteiger partial charge in [0.25, 0.3) is 0 Å². The molecular formula is C18H22Cl4N8. The van der Waals surface area contributed by atoms with Crippen LogP contribution in [0.4, 0.5) is 11.4 Å². The van der Waals surface area contributed by atoms with E-state index in [1.165, 1.54) is 0 Å². The molecular weight excluding hydrogens is 470 g/mol. The van der Waals surface area contributed by atoms with Gasteiger partial charge in [0, 0.05) is 11.1 Å². The molecule has 0 radical (unpaired) electrons. The molecule has 3 aromatic rings. The van der Waals surface area contributed by atoms with Crippen LogP contribution in [-0.2, 0) is 0 Å². The summed E-state index contributed by atoms with van der Waals surface area (Å²) >= 11 is 0. The predicted molar refractivity (Wildman–Crippen MR) is 133 cm³/mol. The molecule has 0 aliphatic rings. The summed E-state index contributed by atoms with van der Waals surface area (Å²) in [4.78, 5) is 16.6. The molecule has 30 heavy (non-hydrogen) atoms. The predicted octanol–water partition coefficient (Wildman–Crippen LogP) is 3.31. The number of benzene rings is 1. The first kappa shape index (κ1) is 29.4. The van der Waals surface area contributed by atoms with E-state index < -0.39 is 0 Å². The Morgan fingerprint density at radius 3 is 1.10 bits per heavy atom. The van der Waals surface area contributed by atoms with Crippen molar-refractivity contribution in [3.63, 3.8) is 0 Å². The van der Waals surface area contributed by atoms with E-state index in [0.29, 0.717) is 11.4 Å². The van der Waals surface area contributed by atoms with Crippen molar-refractivity contribution in [3.05, 3.63) is 60.9 Å². The fourth-order valence-corrected chi connectivity index (χ4v) is 2.36. The van der Waals surface area contributed by atoms with Crippen molar-refractivity contribution in [3.8, 4) is 22.5 Å². The number of hydrogen-bond acceptors (Lipinski definition) is 4. The number of halogens is 4. The van der Waals surface area contributed by atoms with E-state index in [-0.39, 0.29) is 61.5 Å². The van der Waals surface area contributed by atoms with Crippen LogP contribution < -0.4 is 22.9 Å². The Bertz CT molecular complexity index is 870. The van der Waals surface area contributed by atoms with Gasteiger partial charge in [0.2, 0.25) is 0 Å². The Labute approximate surface area is 198 Å². The molecule has 0 aliphatic carbocycles. The number of nitrogens with two attached hydrogens (primary N) is 4. The third kappa shape index (κ3) is 7.92.